The summed E-state index contributed by atoms with van der Waals surface area (Å²) in [4.78, 5) is 36.5. The van der Waals surface area contributed by atoms with Gasteiger partial charge in [0.2, 0.25) is 0 Å². The van der Waals surface area contributed by atoms with Crippen LogP contribution in [0.1, 0.15) is 48.1 Å². The Morgan fingerprint density at radius 3 is 2.49 bits per heavy atom. The minimum absolute atomic E-state index is 0.124. The number of piperazine rings is 1. The van der Waals surface area contributed by atoms with Gasteiger partial charge in [0.25, 0.3) is 5.91 Å². The molecular formula is C28H37Cl2N5O4. The predicted molar refractivity (Wildman–Crippen MR) is 152 cm³/mol. The Morgan fingerprint density at radius 2 is 1.87 bits per heavy atom. The van der Waals surface area contributed by atoms with Gasteiger partial charge in [0.15, 0.2) is 0 Å². The van der Waals surface area contributed by atoms with E-state index >= 15 is 0 Å². The van der Waals surface area contributed by atoms with Gasteiger partial charge in [-0.1, -0.05) is 42.3 Å². The summed E-state index contributed by atoms with van der Waals surface area (Å²) in [5, 5.41) is 12.6. The highest BCUT2D eigenvalue weighted by Crippen LogP contribution is 2.32. The highest BCUT2D eigenvalue weighted by molar-refractivity contribution is 6.33. The van der Waals surface area contributed by atoms with Crippen molar-refractivity contribution >= 4 is 40.9 Å². The number of nitrogens with one attached hydrogen (secondary N) is 1. The van der Waals surface area contributed by atoms with Crippen LogP contribution in [-0.4, -0.2) is 96.8 Å². The summed E-state index contributed by atoms with van der Waals surface area (Å²) >= 11 is 12.6. The van der Waals surface area contributed by atoms with Crippen molar-refractivity contribution in [2.24, 2.45) is 0 Å². The molecule has 1 amide bonds. The molecule has 0 radical (unpaired) electrons. The second-order valence-electron chi connectivity index (χ2n) is 10.00. The number of aromatic nitrogens is 1. The lowest BCUT2D eigenvalue weighted by molar-refractivity contribution is -0.148. The van der Waals surface area contributed by atoms with E-state index in [1.54, 1.807) is 6.07 Å². The summed E-state index contributed by atoms with van der Waals surface area (Å²) in [5.74, 6) is 0.127. The molecule has 2 aliphatic rings. The first-order valence-corrected chi connectivity index (χ1v) is 14.2. The second kappa shape index (κ2) is 13.8. The number of piperidine rings is 1. The summed E-state index contributed by atoms with van der Waals surface area (Å²) < 4.78 is 5.15. The summed E-state index contributed by atoms with van der Waals surface area (Å²) in [6, 6.07) is 9.39. The Kier molecular flexibility index (Phi) is 10.4. The molecular weight excluding hydrogens is 541 g/mol. The molecule has 2 fully saturated rings. The molecule has 2 aliphatic heterocycles. The fourth-order valence-corrected chi connectivity index (χ4v) is 6.11. The molecule has 2 N–H and O–H groups in total. The van der Waals surface area contributed by atoms with Crippen LogP contribution in [0.4, 0.5) is 5.82 Å². The van der Waals surface area contributed by atoms with E-state index in [0.29, 0.717) is 33.5 Å². The van der Waals surface area contributed by atoms with Gasteiger partial charge in [-0.15, -0.1) is 0 Å². The number of ether oxygens (including phenoxy) is 1. The second-order valence-corrected chi connectivity index (χ2v) is 10.8. The van der Waals surface area contributed by atoms with Crippen molar-refractivity contribution in [1.29, 1.82) is 0 Å². The van der Waals surface area contributed by atoms with Crippen LogP contribution in [0.15, 0.2) is 36.5 Å². The van der Waals surface area contributed by atoms with E-state index in [0.717, 1.165) is 57.5 Å². The molecule has 212 valence electrons. The van der Waals surface area contributed by atoms with E-state index in [9.17, 15) is 9.59 Å². The van der Waals surface area contributed by atoms with Crippen LogP contribution in [0.3, 0.4) is 0 Å². The van der Waals surface area contributed by atoms with E-state index in [1.807, 2.05) is 24.3 Å². The number of aliphatic hydroxyl groups excluding tert-OH is 1. The molecule has 2 saturated heterocycles. The van der Waals surface area contributed by atoms with Crippen molar-refractivity contribution in [2.75, 3.05) is 57.9 Å². The lowest BCUT2D eigenvalue weighted by Gasteiger charge is -2.48. The van der Waals surface area contributed by atoms with Crippen LogP contribution in [0.25, 0.3) is 0 Å². The van der Waals surface area contributed by atoms with E-state index in [-0.39, 0.29) is 25.0 Å². The number of benzene rings is 1. The van der Waals surface area contributed by atoms with Crippen molar-refractivity contribution in [3.63, 3.8) is 0 Å². The summed E-state index contributed by atoms with van der Waals surface area (Å²) in [7, 11) is 1.43. The van der Waals surface area contributed by atoms with Crippen molar-refractivity contribution in [3.05, 3.63) is 57.7 Å². The Balaban J connectivity index is 1.38. The molecule has 0 aliphatic carbocycles. The van der Waals surface area contributed by atoms with Crippen LogP contribution in [0, 0.1) is 0 Å². The van der Waals surface area contributed by atoms with Crippen LogP contribution in [0.5, 0.6) is 0 Å². The van der Waals surface area contributed by atoms with E-state index in [1.165, 1.54) is 13.3 Å². The van der Waals surface area contributed by atoms with E-state index in [2.05, 4.69) is 31.9 Å². The number of nitrogens with zero attached hydrogens (tertiary/aromatic N) is 4. The van der Waals surface area contributed by atoms with Crippen LogP contribution < -0.4 is 10.2 Å². The zero-order chi connectivity index (χ0) is 27.9. The number of hydrogen-bond acceptors (Lipinski definition) is 8. The number of rotatable bonds is 9. The van der Waals surface area contributed by atoms with E-state index in [4.69, 9.17) is 33.0 Å². The zero-order valence-corrected chi connectivity index (χ0v) is 24.0. The Bertz CT molecular complexity index is 1130. The number of carbonyl (C=O) groups is 2. The maximum atomic E-state index is 12.7. The molecule has 2 atom stereocenters. The lowest BCUT2D eigenvalue weighted by atomic mass is 9.95. The quantitative estimate of drug-likeness (QED) is 0.438. The number of pyridine rings is 1. The summed E-state index contributed by atoms with van der Waals surface area (Å²) in [5.41, 5.74) is 1.27. The first-order chi connectivity index (χ1) is 18.9. The van der Waals surface area contributed by atoms with Crippen molar-refractivity contribution in [2.45, 2.75) is 44.3 Å². The zero-order valence-electron chi connectivity index (χ0n) is 22.5. The first-order valence-electron chi connectivity index (χ1n) is 13.5. The first kappa shape index (κ1) is 29.6. The van der Waals surface area contributed by atoms with Gasteiger partial charge in [0, 0.05) is 62.6 Å². The van der Waals surface area contributed by atoms with Crippen molar-refractivity contribution < 1.29 is 19.4 Å². The molecule has 11 heteroatoms. The normalized spacial score (nSPS) is 20.0. The third-order valence-corrected chi connectivity index (χ3v) is 8.25. The minimum atomic E-state index is -0.436. The Hall–Kier alpha value is -2.43. The molecule has 1 aromatic heterocycles. The molecule has 3 heterocycles. The number of amides is 1. The van der Waals surface area contributed by atoms with Crippen LogP contribution in [0.2, 0.25) is 10.0 Å². The number of esters is 1. The molecule has 2 aromatic rings. The lowest BCUT2D eigenvalue weighted by Crippen LogP contribution is -2.58. The van der Waals surface area contributed by atoms with E-state index < -0.39 is 6.04 Å². The number of likely N-dealkylation sites (tertiary alicyclic amines) is 1. The molecule has 0 spiro atoms. The summed E-state index contributed by atoms with van der Waals surface area (Å²) in [6.07, 6.45) is 4.46. The standard InChI is InChI=1S/C28H37Cl2N5O4/c1-3-22-18-34(26-24(30)16-20(17-32-26)27(37)31-10-15-36)13-14-35(22)23-8-11-33(12-9-23)25(28(38)39-2)19-4-6-21(29)7-5-19/h4-7,16-17,22-23,25,36H,3,8-15,18H2,1-2H3,(H,31,37)/t22-,25?/m0/s1. The average molecular weight is 579 g/mol. The molecule has 0 saturated carbocycles. The van der Waals surface area contributed by atoms with Crippen LogP contribution in [-0.2, 0) is 9.53 Å². The maximum Gasteiger partial charge on any atom is 0.327 e. The van der Waals surface area contributed by atoms with Gasteiger partial charge in [-0.3, -0.25) is 14.6 Å². The number of halogens is 2. The fraction of sp³-hybridized carbons (Fsp3) is 0.536. The van der Waals surface area contributed by atoms with Crippen molar-refractivity contribution in [3.8, 4) is 0 Å². The number of hydrogen-bond donors (Lipinski definition) is 2. The Morgan fingerprint density at radius 1 is 1.15 bits per heavy atom. The van der Waals surface area contributed by atoms with Gasteiger partial charge in [0.05, 0.1) is 24.3 Å². The molecule has 1 aromatic carbocycles. The molecule has 1 unspecified atom stereocenters. The topological polar surface area (TPSA) is 98.2 Å². The monoisotopic (exact) mass is 577 g/mol. The molecule has 9 nitrogen and oxygen atoms in total. The predicted octanol–water partition coefficient (Wildman–Crippen LogP) is 3.39. The summed E-state index contributed by atoms with van der Waals surface area (Å²) in [6.45, 7) is 6.34. The van der Waals surface area contributed by atoms with Gasteiger partial charge in [-0.2, -0.15) is 0 Å². The Labute approximate surface area is 240 Å². The number of methoxy groups -OCH3 is 1. The van der Waals surface area contributed by atoms with Gasteiger partial charge in [0.1, 0.15) is 11.9 Å². The highest BCUT2D eigenvalue weighted by atomic mass is 35.5. The van der Waals surface area contributed by atoms with Gasteiger partial charge in [-0.05, 0) is 43.0 Å². The smallest absolute Gasteiger partial charge is 0.327 e. The van der Waals surface area contributed by atoms with Gasteiger partial charge in [-0.25, -0.2) is 9.78 Å². The largest absolute Gasteiger partial charge is 0.468 e. The third kappa shape index (κ3) is 7.02. The average Bonchev–Trinajstić information content (AvgIpc) is 2.97. The highest BCUT2D eigenvalue weighted by Gasteiger charge is 2.37. The van der Waals surface area contributed by atoms with Gasteiger partial charge < -0.3 is 20.1 Å². The minimum Gasteiger partial charge on any atom is -0.468 e. The molecule has 0 bridgehead atoms. The number of carbonyl (C=O) groups excluding carboxylic acids is 2. The maximum absolute atomic E-state index is 12.7. The third-order valence-electron chi connectivity index (χ3n) is 7.72. The number of anilines is 1. The SMILES string of the molecule is CC[C@H]1CN(c2ncc(C(=O)NCCO)cc2Cl)CCN1C1CCN(C(C(=O)OC)c2ccc(Cl)cc2)CC1. The molecule has 4 rings (SSSR count). The number of aliphatic hydroxyl groups is 1. The van der Waals surface area contributed by atoms with Crippen LogP contribution >= 0.6 is 23.2 Å². The van der Waals surface area contributed by atoms with Gasteiger partial charge >= 0.3 is 5.97 Å². The fourth-order valence-electron chi connectivity index (χ4n) is 5.69. The van der Waals surface area contributed by atoms with Crippen molar-refractivity contribution in [1.82, 2.24) is 20.1 Å². The molecule has 39 heavy (non-hydrogen) atoms.